The topological polar surface area (TPSA) is 29.3 Å². The van der Waals surface area contributed by atoms with E-state index in [1.54, 1.807) is 4.90 Å². The Balaban J connectivity index is 2.30. The first-order valence-corrected chi connectivity index (χ1v) is 6.74. The summed E-state index contributed by atoms with van der Waals surface area (Å²) in [6, 6.07) is 0.171. The number of nitrogens with two attached hydrogens (primary N) is 1. The first kappa shape index (κ1) is 15.8. The summed E-state index contributed by atoms with van der Waals surface area (Å²) in [6.07, 6.45) is 0.445. The molecule has 0 aliphatic heterocycles. The molecule has 0 aromatic heterocycles. The summed E-state index contributed by atoms with van der Waals surface area (Å²) in [6.45, 7) is 4.70. The van der Waals surface area contributed by atoms with Crippen molar-refractivity contribution in [3.05, 3.63) is 0 Å². The molecule has 0 aromatic rings. The number of hydrogen-bond donors (Lipinski definition) is 1. The van der Waals surface area contributed by atoms with Gasteiger partial charge in [0.15, 0.2) is 0 Å². The number of halogens is 3. The van der Waals surface area contributed by atoms with Crippen molar-refractivity contribution in [3.8, 4) is 0 Å². The second kappa shape index (κ2) is 6.24. The van der Waals surface area contributed by atoms with Crippen LogP contribution >= 0.6 is 0 Å². The van der Waals surface area contributed by atoms with Crippen LogP contribution in [-0.2, 0) is 0 Å². The van der Waals surface area contributed by atoms with E-state index in [1.165, 1.54) is 0 Å². The van der Waals surface area contributed by atoms with Crippen molar-refractivity contribution < 1.29 is 13.2 Å². The molecule has 1 aliphatic carbocycles. The van der Waals surface area contributed by atoms with E-state index in [9.17, 15) is 13.2 Å². The van der Waals surface area contributed by atoms with E-state index in [2.05, 4.69) is 13.8 Å². The third kappa shape index (κ3) is 6.59. The second-order valence-corrected chi connectivity index (χ2v) is 6.12. The van der Waals surface area contributed by atoms with Crippen LogP contribution in [0.15, 0.2) is 0 Å². The molecule has 0 spiro atoms. The van der Waals surface area contributed by atoms with E-state index < -0.39 is 12.7 Å². The van der Waals surface area contributed by atoms with Crippen LogP contribution in [0.4, 0.5) is 13.2 Å². The molecule has 0 radical (unpaired) electrons. The lowest BCUT2D eigenvalue weighted by Crippen LogP contribution is -2.37. The summed E-state index contributed by atoms with van der Waals surface area (Å²) in [5.41, 5.74) is 5.67. The van der Waals surface area contributed by atoms with Crippen LogP contribution in [0.3, 0.4) is 0 Å². The standard InChI is InChI=1S/C13H25F3N2/c1-12(2,7-8-17)6-3-9-18(11-4-5-11)10-13(14,15)16/h11H,3-10,17H2,1-2H3. The molecule has 2 nitrogen and oxygen atoms in total. The minimum Gasteiger partial charge on any atom is -0.330 e. The summed E-state index contributed by atoms with van der Waals surface area (Å²) in [5.74, 6) is 0. The number of rotatable bonds is 8. The predicted molar refractivity (Wildman–Crippen MR) is 67.3 cm³/mol. The van der Waals surface area contributed by atoms with Crippen molar-refractivity contribution in [2.75, 3.05) is 19.6 Å². The molecule has 0 amide bonds. The molecule has 1 aliphatic rings. The minimum absolute atomic E-state index is 0.141. The highest BCUT2D eigenvalue weighted by molar-refractivity contribution is 4.86. The van der Waals surface area contributed by atoms with E-state index >= 15 is 0 Å². The van der Waals surface area contributed by atoms with E-state index in [4.69, 9.17) is 5.73 Å². The fourth-order valence-electron chi connectivity index (χ4n) is 2.34. The van der Waals surface area contributed by atoms with Crippen molar-refractivity contribution in [1.82, 2.24) is 4.90 Å². The van der Waals surface area contributed by atoms with Gasteiger partial charge in [-0.25, -0.2) is 0 Å². The van der Waals surface area contributed by atoms with Gasteiger partial charge in [-0.2, -0.15) is 13.2 Å². The third-order valence-electron chi connectivity index (χ3n) is 3.57. The number of nitrogens with zero attached hydrogens (tertiary/aromatic N) is 1. The predicted octanol–water partition coefficient (Wildman–Crippen LogP) is 3.17. The molecule has 108 valence electrons. The van der Waals surface area contributed by atoms with Crippen LogP contribution in [0.5, 0.6) is 0 Å². The summed E-state index contributed by atoms with van der Waals surface area (Å²) >= 11 is 0. The van der Waals surface area contributed by atoms with Gasteiger partial charge < -0.3 is 5.73 Å². The van der Waals surface area contributed by atoms with Gasteiger partial charge >= 0.3 is 6.18 Å². The molecule has 0 unspecified atom stereocenters. The Morgan fingerprint density at radius 3 is 2.22 bits per heavy atom. The van der Waals surface area contributed by atoms with Gasteiger partial charge in [-0.15, -0.1) is 0 Å². The van der Waals surface area contributed by atoms with Gasteiger partial charge in [0, 0.05) is 6.04 Å². The van der Waals surface area contributed by atoms with Crippen LogP contribution in [-0.4, -0.2) is 36.8 Å². The van der Waals surface area contributed by atoms with E-state index in [0.717, 1.165) is 32.1 Å². The van der Waals surface area contributed by atoms with Crippen LogP contribution in [0.1, 0.15) is 46.0 Å². The zero-order valence-electron chi connectivity index (χ0n) is 11.4. The lowest BCUT2D eigenvalue weighted by atomic mass is 9.84. The maximum absolute atomic E-state index is 12.4. The Bertz CT molecular complexity index is 247. The highest BCUT2D eigenvalue weighted by atomic mass is 19.4. The van der Waals surface area contributed by atoms with Gasteiger partial charge in [0.2, 0.25) is 0 Å². The first-order valence-electron chi connectivity index (χ1n) is 6.74. The quantitative estimate of drug-likeness (QED) is 0.731. The molecule has 0 bridgehead atoms. The molecule has 5 heteroatoms. The van der Waals surface area contributed by atoms with E-state index in [1.807, 2.05) is 0 Å². The lowest BCUT2D eigenvalue weighted by molar-refractivity contribution is -0.147. The van der Waals surface area contributed by atoms with Crippen LogP contribution < -0.4 is 5.73 Å². The summed E-state index contributed by atoms with van der Waals surface area (Å²) in [4.78, 5) is 1.60. The molecule has 0 aromatic carbocycles. The maximum atomic E-state index is 12.4. The number of alkyl halides is 3. The Morgan fingerprint density at radius 1 is 1.17 bits per heavy atom. The Hall–Kier alpha value is -0.290. The van der Waals surface area contributed by atoms with Gasteiger partial charge in [0.1, 0.15) is 0 Å². The molecule has 1 rings (SSSR count). The zero-order chi connectivity index (χ0) is 13.8. The van der Waals surface area contributed by atoms with Crippen LogP contribution in [0, 0.1) is 5.41 Å². The molecular weight excluding hydrogens is 241 g/mol. The highest BCUT2D eigenvalue weighted by Crippen LogP contribution is 2.32. The smallest absolute Gasteiger partial charge is 0.330 e. The number of hydrogen-bond acceptors (Lipinski definition) is 2. The van der Waals surface area contributed by atoms with Gasteiger partial charge in [0.05, 0.1) is 6.54 Å². The van der Waals surface area contributed by atoms with Gasteiger partial charge in [0.25, 0.3) is 0 Å². The molecule has 18 heavy (non-hydrogen) atoms. The Kier molecular flexibility index (Phi) is 5.46. The monoisotopic (exact) mass is 266 g/mol. The average Bonchev–Trinajstić information content (AvgIpc) is 2.96. The van der Waals surface area contributed by atoms with Gasteiger partial charge in [-0.05, 0) is 50.6 Å². The summed E-state index contributed by atoms with van der Waals surface area (Å²) in [5, 5.41) is 0. The van der Waals surface area contributed by atoms with Crippen molar-refractivity contribution in [3.63, 3.8) is 0 Å². The fourth-order valence-corrected chi connectivity index (χ4v) is 2.34. The second-order valence-electron chi connectivity index (χ2n) is 6.12. The fraction of sp³-hybridized carbons (Fsp3) is 1.00. The zero-order valence-corrected chi connectivity index (χ0v) is 11.4. The first-order chi connectivity index (χ1) is 8.23. The summed E-state index contributed by atoms with van der Waals surface area (Å²) in [7, 11) is 0. The molecule has 1 saturated carbocycles. The molecule has 0 saturated heterocycles. The normalized spacial score (nSPS) is 17.5. The molecule has 2 N–H and O–H groups in total. The van der Waals surface area contributed by atoms with Crippen molar-refractivity contribution in [1.29, 1.82) is 0 Å². The molecular formula is C13H25F3N2. The Labute approximate surface area is 108 Å². The van der Waals surface area contributed by atoms with E-state index in [-0.39, 0.29) is 11.5 Å². The van der Waals surface area contributed by atoms with Gasteiger partial charge in [-0.3, -0.25) is 4.90 Å². The van der Waals surface area contributed by atoms with Crippen molar-refractivity contribution in [2.45, 2.75) is 58.2 Å². The SMILES string of the molecule is CC(C)(CCN)CCCN(CC(F)(F)F)C1CC1. The van der Waals surface area contributed by atoms with Crippen molar-refractivity contribution >= 4 is 0 Å². The molecule has 1 fully saturated rings. The van der Waals surface area contributed by atoms with Gasteiger partial charge in [-0.1, -0.05) is 13.8 Å². The molecule has 0 atom stereocenters. The van der Waals surface area contributed by atoms with E-state index in [0.29, 0.717) is 13.1 Å². The third-order valence-corrected chi connectivity index (χ3v) is 3.57. The maximum Gasteiger partial charge on any atom is 0.401 e. The van der Waals surface area contributed by atoms with Crippen molar-refractivity contribution in [2.24, 2.45) is 11.1 Å². The Morgan fingerprint density at radius 2 is 1.78 bits per heavy atom. The lowest BCUT2D eigenvalue weighted by Gasteiger charge is -2.27. The summed E-state index contributed by atoms with van der Waals surface area (Å²) < 4.78 is 37.3. The van der Waals surface area contributed by atoms with Crippen LogP contribution in [0.2, 0.25) is 0 Å². The highest BCUT2D eigenvalue weighted by Gasteiger charge is 2.37. The van der Waals surface area contributed by atoms with Crippen LogP contribution in [0.25, 0.3) is 0 Å². The average molecular weight is 266 g/mol. The largest absolute Gasteiger partial charge is 0.401 e. The minimum atomic E-state index is -4.07. The molecule has 0 heterocycles.